The van der Waals surface area contributed by atoms with Crippen molar-refractivity contribution in [1.82, 2.24) is 9.80 Å². The third kappa shape index (κ3) is 7.84. The molecule has 2 aliphatic rings. The fraction of sp³-hybridized carbons (Fsp3) is 1.00. The highest BCUT2D eigenvalue weighted by Gasteiger charge is 2.26. The summed E-state index contributed by atoms with van der Waals surface area (Å²) in [7, 11) is 3.62. The van der Waals surface area contributed by atoms with Crippen LogP contribution in [0.15, 0.2) is 0 Å². The molecule has 2 heterocycles. The van der Waals surface area contributed by atoms with Gasteiger partial charge in [0, 0.05) is 33.9 Å². The third-order valence-electron chi connectivity index (χ3n) is 6.84. The predicted octanol–water partition coefficient (Wildman–Crippen LogP) is 3.90. The molecule has 4 heteroatoms. The van der Waals surface area contributed by atoms with Gasteiger partial charge in [0.25, 0.3) is 0 Å². The molecular weight excluding hydrogens is 324 g/mol. The van der Waals surface area contributed by atoms with Crippen molar-refractivity contribution in [1.29, 1.82) is 0 Å². The summed E-state index contributed by atoms with van der Waals surface area (Å²) in [6.45, 7) is 11.5. The lowest BCUT2D eigenvalue weighted by atomic mass is 9.79. The molecule has 2 atom stereocenters. The summed E-state index contributed by atoms with van der Waals surface area (Å²) in [6, 6.07) is 0. The Balaban J connectivity index is 1.62. The molecule has 2 saturated heterocycles. The first kappa shape index (κ1) is 22.1. The highest BCUT2D eigenvalue weighted by Crippen LogP contribution is 2.32. The van der Waals surface area contributed by atoms with E-state index in [1.807, 2.05) is 14.2 Å². The second-order valence-electron chi connectivity index (χ2n) is 8.57. The average molecular weight is 369 g/mol. The molecule has 0 aromatic rings. The van der Waals surface area contributed by atoms with Crippen LogP contribution in [0.3, 0.4) is 0 Å². The van der Waals surface area contributed by atoms with Crippen molar-refractivity contribution in [3.8, 4) is 0 Å². The summed E-state index contributed by atoms with van der Waals surface area (Å²) in [5.74, 6) is 2.84. The minimum Gasteiger partial charge on any atom is -0.383 e. The van der Waals surface area contributed by atoms with Crippen LogP contribution in [0.4, 0.5) is 0 Å². The Morgan fingerprint density at radius 2 is 1.62 bits per heavy atom. The number of piperidine rings is 2. The van der Waals surface area contributed by atoms with E-state index in [-0.39, 0.29) is 0 Å². The van der Waals surface area contributed by atoms with Gasteiger partial charge in [-0.05, 0) is 69.5 Å². The fourth-order valence-corrected chi connectivity index (χ4v) is 5.12. The Bertz CT molecular complexity index is 345. The molecule has 0 radical (unpaired) electrons. The molecule has 0 spiro atoms. The summed E-state index contributed by atoms with van der Waals surface area (Å²) in [6.07, 6.45) is 11.3. The highest BCUT2D eigenvalue weighted by atomic mass is 16.5. The van der Waals surface area contributed by atoms with Crippen LogP contribution in [0.1, 0.15) is 58.3 Å². The van der Waals surface area contributed by atoms with Crippen molar-refractivity contribution in [2.24, 2.45) is 17.8 Å². The minimum atomic E-state index is 0.880. The van der Waals surface area contributed by atoms with Crippen LogP contribution in [-0.4, -0.2) is 76.5 Å². The maximum atomic E-state index is 5.25. The Morgan fingerprint density at radius 1 is 0.923 bits per heavy atom. The molecule has 0 N–H and O–H groups in total. The van der Waals surface area contributed by atoms with Gasteiger partial charge < -0.3 is 19.3 Å². The van der Waals surface area contributed by atoms with Gasteiger partial charge in [-0.2, -0.15) is 0 Å². The van der Waals surface area contributed by atoms with E-state index in [0.717, 1.165) is 44.1 Å². The molecule has 2 aliphatic heterocycles. The second-order valence-corrected chi connectivity index (χ2v) is 8.57. The van der Waals surface area contributed by atoms with E-state index >= 15 is 0 Å². The van der Waals surface area contributed by atoms with Crippen molar-refractivity contribution in [2.75, 3.05) is 66.7 Å². The molecule has 0 aromatic heterocycles. The third-order valence-corrected chi connectivity index (χ3v) is 6.84. The zero-order valence-corrected chi connectivity index (χ0v) is 17.8. The van der Waals surface area contributed by atoms with Crippen molar-refractivity contribution in [3.05, 3.63) is 0 Å². The van der Waals surface area contributed by atoms with Crippen LogP contribution in [0, 0.1) is 17.8 Å². The SMILES string of the molecule is CCC(CCCC1CCCN(CCOC)C1)C1CCN(CCOC)CC1. The van der Waals surface area contributed by atoms with Crippen LogP contribution in [0.2, 0.25) is 0 Å². The molecule has 2 fully saturated rings. The molecule has 154 valence electrons. The Kier molecular flexibility index (Phi) is 11.1. The molecule has 2 rings (SSSR count). The molecule has 4 nitrogen and oxygen atoms in total. The number of methoxy groups -OCH3 is 2. The van der Waals surface area contributed by atoms with E-state index in [1.54, 1.807) is 0 Å². The van der Waals surface area contributed by atoms with Crippen LogP contribution >= 0.6 is 0 Å². The van der Waals surface area contributed by atoms with Crippen molar-refractivity contribution in [2.45, 2.75) is 58.3 Å². The molecular formula is C22H44N2O2. The molecule has 26 heavy (non-hydrogen) atoms. The lowest BCUT2D eigenvalue weighted by Gasteiger charge is -2.36. The Morgan fingerprint density at radius 3 is 2.27 bits per heavy atom. The lowest BCUT2D eigenvalue weighted by Crippen LogP contribution is -2.38. The first-order valence-electron chi connectivity index (χ1n) is 11.2. The van der Waals surface area contributed by atoms with Gasteiger partial charge in [-0.1, -0.05) is 26.2 Å². The first-order chi connectivity index (χ1) is 12.8. The van der Waals surface area contributed by atoms with Crippen molar-refractivity contribution >= 4 is 0 Å². The molecule has 0 aliphatic carbocycles. The Hall–Kier alpha value is -0.160. The summed E-state index contributed by atoms with van der Waals surface area (Å²) in [4.78, 5) is 5.20. The number of rotatable bonds is 12. The van der Waals surface area contributed by atoms with Gasteiger partial charge in [-0.25, -0.2) is 0 Å². The van der Waals surface area contributed by atoms with Crippen LogP contribution < -0.4 is 0 Å². The summed E-state index contributed by atoms with van der Waals surface area (Å²) in [5.41, 5.74) is 0. The van der Waals surface area contributed by atoms with Gasteiger partial charge in [-0.3, -0.25) is 0 Å². The predicted molar refractivity (Wildman–Crippen MR) is 110 cm³/mol. The first-order valence-corrected chi connectivity index (χ1v) is 11.2. The maximum absolute atomic E-state index is 5.25. The van der Waals surface area contributed by atoms with E-state index in [9.17, 15) is 0 Å². The van der Waals surface area contributed by atoms with Gasteiger partial charge >= 0.3 is 0 Å². The Labute approximate surface area is 162 Å². The van der Waals surface area contributed by atoms with Gasteiger partial charge in [0.2, 0.25) is 0 Å². The summed E-state index contributed by atoms with van der Waals surface area (Å²) in [5, 5.41) is 0. The largest absolute Gasteiger partial charge is 0.383 e. The zero-order chi connectivity index (χ0) is 18.6. The van der Waals surface area contributed by atoms with E-state index in [4.69, 9.17) is 9.47 Å². The van der Waals surface area contributed by atoms with Gasteiger partial charge in [0.05, 0.1) is 13.2 Å². The average Bonchev–Trinajstić information content (AvgIpc) is 2.69. The molecule has 2 unspecified atom stereocenters. The topological polar surface area (TPSA) is 24.9 Å². The van der Waals surface area contributed by atoms with E-state index in [2.05, 4.69) is 16.7 Å². The quantitative estimate of drug-likeness (QED) is 0.522. The normalized spacial score (nSPS) is 24.8. The fourth-order valence-electron chi connectivity index (χ4n) is 5.12. The van der Waals surface area contributed by atoms with Crippen molar-refractivity contribution < 1.29 is 9.47 Å². The standard InChI is InChI=1S/C22H44N2O2/c1-4-21(22-10-13-23(14-11-22)15-17-25-2)9-5-7-20-8-6-12-24(19-20)16-18-26-3/h20-22H,4-19H2,1-3H3. The number of ether oxygens (including phenoxy) is 2. The smallest absolute Gasteiger partial charge is 0.0589 e. The van der Waals surface area contributed by atoms with Gasteiger partial charge in [-0.15, -0.1) is 0 Å². The van der Waals surface area contributed by atoms with Crippen LogP contribution in [0.5, 0.6) is 0 Å². The highest BCUT2D eigenvalue weighted by molar-refractivity contribution is 4.79. The monoisotopic (exact) mass is 368 g/mol. The van der Waals surface area contributed by atoms with Gasteiger partial charge in [0.15, 0.2) is 0 Å². The minimum absolute atomic E-state index is 0.880. The van der Waals surface area contributed by atoms with E-state index in [1.165, 1.54) is 77.5 Å². The number of likely N-dealkylation sites (tertiary alicyclic amines) is 2. The number of nitrogens with zero attached hydrogens (tertiary/aromatic N) is 2. The van der Waals surface area contributed by atoms with E-state index < -0.39 is 0 Å². The number of hydrogen-bond acceptors (Lipinski definition) is 4. The molecule has 0 saturated carbocycles. The van der Waals surface area contributed by atoms with Crippen LogP contribution in [-0.2, 0) is 9.47 Å². The van der Waals surface area contributed by atoms with Crippen molar-refractivity contribution in [3.63, 3.8) is 0 Å². The zero-order valence-electron chi connectivity index (χ0n) is 17.8. The molecule has 0 bridgehead atoms. The lowest BCUT2D eigenvalue weighted by molar-refractivity contribution is 0.0980. The maximum Gasteiger partial charge on any atom is 0.0589 e. The molecule has 0 amide bonds. The second kappa shape index (κ2) is 13.1. The molecule has 0 aromatic carbocycles. The summed E-state index contributed by atoms with van der Waals surface area (Å²) < 4.78 is 10.5. The number of hydrogen-bond donors (Lipinski definition) is 0. The van der Waals surface area contributed by atoms with E-state index in [0.29, 0.717) is 0 Å². The van der Waals surface area contributed by atoms with Crippen LogP contribution in [0.25, 0.3) is 0 Å². The summed E-state index contributed by atoms with van der Waals surface area (Å²) >= 11 is 0. The van der Waals surface area contributed by atoms with Gasteiger partial charge in [0.1, 0.15) is 0 Å².